The number of phenolic OH excluding ortho intramolecular Hbond substituents is 1. The summed E-state index contributed by atoms with van der Waals surface area (Å²) in [5.74, 6) is 0.0809. The summed E-state index contributed by atoms with van der Waals surface area (Å²) in [6, 6.07) is 12.2. The number of halogens is 1. The van der Waals surface area contributed by atoms with Crippen molar-refractivity contribution in [3.8, 4) is 5.75 Å². The standard InChI is InChI=1S/C14H13ClO2/c1-9-6-7-11(13(16)8-9)14(17)10-4-2-3-5-12(10)15/h2-8,14,16-17H,1H3. The van der Waals surface area contributed by atoms with Crippen molar-refractivity contribution in [3.05, 3.63) is 64.2 Å². The summed E-state index contributed by atoms with van der Waals surface area (Å²) < 4.78 is 0. The van der Waals surface area contributed by atoms with Crippen LogP contribution in [0.4, 0.5) is 0 Å². The molecule has 0 aliphatic carbocycles. The van der Waals surface area contributed by atoms with Crippen molar-refractivity contribution in [2.24, 2.45) is 0 Å². The number of hydrogen-bond donors (Lipinski definition) is 2. The van der Waals surface area contributed by atoms with Crippen LogP contribution in [-0.4, -0.2) is 10.2 Å². The Kier molecular flexibility index (Phi) is 3.36. The molecule has 17 heavy (non-hydrogen) atoms. The molecular weight excluding hydrogens is 236 g/mol. The van der Waals surface area contributed by atoms with E-state index in [0.717, 1.165) is 5.56 Å². The molecule has 0 amide bonds. The third-order valence-corrected chi connectivity index (χ3v) is 3.02. The molecule has 2 aromatic carbocycles. The molecule has 88 valence electrons. The first-order valence-corrected chi connectivity index (χ1v) is 5.69. The molecule has 2 rings (SSSR count). The minimum Gasteiger partial charge on any atom is -0.508 e. The van der Waals surface area contributed by atoms with Gasteiger partial charge in [-0.3, -0.25) is 0 Å². The lowest BCUT2D eigenvalue weighted by Gasteiger charge is -2.14. The highest BCUT2D eigenvalue weighted by Crippen LogP contribution is 2.33. The average Bonchev–Trinajstić information content (AvgIpc) is 2.29. The molecule has 2 nitrogen and oxygen atoms in total. The monoisotopic (exact) mass is 248 g/mol. The Labute approximate surface area is 105 Å². The SMILES string of the molecule is Cc1ccc(C(O)c2ccccc2Cl)c(O)c1. The molecule has 0 aliphatic heterocycles. The molecule has 0 saturated carbocycles. The van der Waals surface area contributed by atoms with Crippen molar-refractivity contribution >= 4 is 11.6 Å². The van der Waals surface area contributed by atoms with Gasteiger partial charge in [-0.25, -0.2) is 0 Å². The van der Waals surface area contributed by atoms with Crippen LogP contribution < -0.4 is 0 Å². The molecule has 2 aromatic rings. The highest BCUT2D eigenvalue weighted by atomic mass is 35.5. The van der Waals surface area contributed by atoms with E-state index in [-0.39, 0.29) is 5.75 Å². The predicted octanol–water partition coefficient (Wildman–Crippen LogP) is 3.44. The first-order chi connectivity index (χ1) is 8.09. The van der Waals surface area contributed by atoms with Crippen LogP contribution in [0.25, 0.3) is 0 Å². The summed E-state index contributed by atoms with van der Waals surface area (Å²) in [5, 5.41) is 20.5. The summed E-state index contributed by atoms with van der Waals surface area (Å²) in [6.07, 6.45) is -0.913. The zero-order chi connectivity index (χ0) is 12.4. The van der Waals surface area contributed by atoms with E-state index < -0.39 is 6.10 Å². The van der Waals surface area contributed by atoms with Gasteiger partial charge in [-0.15, -0.1) is 0 Å². The Bertz CT molecular complexity index is 537. The Balaban J connectivity index is 2.44. The average molecular weight is 249 g/mol. The molecule has 0 bridgehead atoms. The van der Waals surface area contributed by atoms with E-state index in [0.29, 0.717) is 16.1 Å². The lowest BCUT2D eigenvalue weighted by atomic mass is 9.99. The van der Waals surface area contributed by atoms with Gasteiger partial charge in [0.15, 0.2) is 0 Å². The molecule has 0 aromatic heterocycles. The van der Waals surface area contributed by atoms with Crippen LogP contribution in [0.5, 0.6) is 5.75 Å². The number of aliphatic hydroxyl groups excluding tert-OH is 1. The first kappa shape index (κ1) is 12.0. The lowest BCUT2D eigenvalue weighted by Crippen LogP contribution is -2.00. The van der Waals surface area contributed by atoms with Gasteiger partial charge in [0.25, 0.3) is 0 Å². The minimum absolute atomic E-state index is 0.0809. The van der Waals surface area contributed by atoms with Crippen LogP contribution in [0.3, 0.4) is 0 Å². The van der Waals surface area contributed by atoms with Gasteiger partial charge in [-0.2, -0.15) is 0 Å². The van der Waals surface area contributed by atoms with Crippen LogP contribution in [0.15, 0.2) is 42.5 Å². The second-order valence-corrected chi connectivity index (χ2v) is 4.39. The number of rotatable bonds is 2. The minimum atomic E-state index is -0.913. The van der Waals surface area contributed by atoms with Gasteiger partial charge in [0.1, 0.15) is 11.9 Å². The van der Waals surface area contributed by atoms with E-state index in [1.807, 2.05) is 13.0 Å². The van der Waals surface area contributed by atoms with Crippen molar-refractivity contribution in [3.63, 3.8) is 0 Å². The van der Waals surface area contributed by atoms with E-state index in [9.17, 15) is 10.2 Å². The number of aromatic hydroxyl groups is 1. The molecule has 0 saturated heterocycles. The maximum absolute atomic E-state index is 10.2. The number of benzene rings is 2. The fourth-order valence-electron chi connectivity index (χ4n) is 1.75. The van der Waals surface area contributed by atoms with Crippen LogP contribution in [-0.2, 0) is 0 Å². The summed E-state index contributed by atoms with van der Waals surface area (Å²) in [7, 11) is 0. The maximum atomic E-state index is 10.2. The summed E-state index contributed by atoms with van der Waals surface area (Å²) in [6.45, 7) is 1.88. The second-order valence-electron chi connectivity index (χ2n) is 3.99. The number of aliphatic hydroxyl groups is 1. The van der Waals surface area contributed by atoms with Crippen LogP contribution >= 0.6 is 11.6 Å². The second kappa shape index (κ2) is 4.78. The van der Waals surface area contributed by atoms with Gasteiger partial charge in [0, 0.05) is 16.1 Å². The fourth-order valence-corrected chi connectivity index (χ4v) is 1.99. The van der Waals surface area contributed by atoms with Crippen LogP contribution in [0.2, 0.25) is 5.02 Å². The van der Waals surface area contributed by atoms with Crippen molar-refractivity contribution in [1.29, 1.82) is 0 Å². The summed E-state index contributed by atoms with van der Waals surface area (Å²) >= 11 is 6.01. The molecule has 0 heterocycles. The third kappa shape index (κ3) is 2.43. The molecule has 0 spiro atoms. The van der Waals surface area contributed by atoms with Crippen molar-refractivity contribution < 1.29 is 10.2 Å². The van der Waals surface area contributed by atoms with E-state index in [1.165, 1.54) is 0 Å². The van der Waals surface area contributed by atoms with E-state index >= 15 is 0 Å². The summed E-state index contributed by atoms with van der Waals surface area (Å²) in [5.41, 5.74) is 2.00. The predicted molar refractivity (Wildman–Crippen MR) is 68.4 cm³/mol. The topological polar surface area (TPSA) is 40.5 Å². The smallest absolute Gasteiger partial charge is 0.121 e. The molecular formula is C14H13ClO2. The molecule has 1 atom stereocenters. The van der Waals surface area contributed by atoms with Crippen molar-refractivity contribution in [1.82, 2.24) is 0 Å². The van der Waals surface area contributed by atoms with E-state index in [2.05, 4.69) is 0 Å². The van der Waals surface area contributed by atoms with Crippen molar-refractivity contribution in [2.45, 2.75) is 13.0 Å². The third-order valence-electron chi connectivity index (χ3n) is 2.68. The molecule has 0 fully saturated rings. The largest absolute Gasteiger partial charge is 0.508 e. The van der Waals surface area contributed by atoms with E-state index in [1.54, 1.807) is 36.4 Å². The Morgan fingerprint density at radius 1 is 1.06 bits per heavy atom. The maximum Gasteiger partial charge on any atom is 0.121 e. The Hall–Kier alpha value is -1.51. The quantitative estimate of drug-likeness (QED) is 0.855. The first-order valence-electron chi connectivity index (χ1n) is 5.31. The molecule has 0 radical (unpaired) electrons. The van der Waals surface area contributed by atoms with Crippen LogP contribution in [0, 0.1) is 6.92 Å². The number of phenols is 1. The lowest BCUT2D eigenvalue weighted by molar-refractivity contribution is 0.215. The van der Waals surface area contributed by atoms with Gasteiger partial charge in [-0.1, -0.05) is 41.9 Å². The summed E-state index contributed by atoms with van der Waals surface area (Å²) in [4.78, 5) is 0. The van der Waals surface area contributed by atoms with Gasteiger partial charge < -0.3 is 10.2 Å². The fraction of sp³-hybridized carbons (Fsp3) is 0.143. The number of hydrogen-bond acceptors (Lipinski definition) is 2. The van der Waals surface area contributed by atoms with Gasteiger partial charge in [-0.05, 0) is 24.6 Å². The van der Waals surface area contributed by atoms with Gasteiger partial charge in [0.05, 0.1) is 0 Å². The van der Waals surface area contributed by atoms with Gasteiger partial charge >= 0.3 is 0 Å². The van der Waals surface area contributed by atoms with Crippen molar-refractivity contribution in [2.75, 3.05) is 0 Å². The molecule has 1 unspecified atom stereocenters. The zero-order valence-corrected chi connectivity index (χ0v) is 10.1. The molecule has 3 heteroatoms. The Morgan fingerprint density at radius 3 is 2.41 bits per heavy atom. The highest BCUT2D eigenvalue weighted by Gasteiger charge is 2.16. The molecule has 2 N–H and O–H groups in total. The van der Waals surface area contributed by atoms with Crippen LogP contribution in [0.1, 0.15) is 22.8 Å². The van der Waals surface area contributed by atoms with Gasteiger partial charge in [0.2, 0.25) is 0 Å². The zero-order valence-electron chi connectivity index (χ0n) is 9.39. The highest BCUT2D eigenvalue weighted by molar-refractivity contribution is 6.31. The normalized spacial score (nSPS) is 12.4. The number of aryl methyl sites for hydroxylation is 1. The Morgan fingerprint density at radius 2 is 1.76 bits per heavy atom. The van der Waals surface area contributed by atoms with E-state index in [4.69, 9.17) is 11.6 Å². The molecule has 0 aliphatic rings.